The standard InChI is InChI=1S/C9H12N6O/c1-16-7-2-6(3-7)11-8-4-10-5-9-12-13-14-15(8)9/h4-7,11H,2-3H2,1H3. The average molecular weight is 220 g/mol. The topological polar surface area (TPSA) is 77.2 Å². The normalized spacial score (nSPS) is 24.3. The quantitative estimate of drug-likeness (QED) is 0.791. The van der Waals surface area contributed by atoms with Crippen molar-refractivity contribution in [2.24, 2.45) is 0 Å². The molecule has 2 aromatic rings. The van der Waals surface area contributed by atoms with Crippen LogP contribution in [0.1, 0.15) is 12.8 Å². The summed E-state index contributed by atoms with van der Waals surface area (Å²) in [5.41, 5.74) is 0.646. The number of fused-ring (bicyclic) bond motifs is 1. The molecule has 0 atom stereocenters. The number of anilines is 1. The molecule has 0 radical (unpaired) electrons. The van der Waals surface area contributed by atoms with Gasteiger partial charge in [0.1, 0.15) is 0 Å². The van der Waals surface area contributed by atoms with Crippen molar-refractivity contribution in [3.63, 3.8) is 0 Å². The molecule has 0 bridgehead atoms. The maximum Gasteiger partial charge on any atom is 0.199 e. The summed E-state index contributed by atoms with van der Waals surface area (Å²) >= 11 is 0. The van der Waals surface area contributed by atoms with Gasteiger partial charge in [-0.2, -0.15) is 4.52 Å². The van der Waals surface area contributed by atoms with Gasteiger partial charge in [0, 0.05) is 13.2 Å². The van der Waals surface area contributed by atoms with E-state index in [1.165, 1.54) is 0 Å². The van der Waals surface area contributed by atoms with Gasteiger partial charge < -0.3 is 10.1 Å². The van der Waals surface area contributed by atoms with Crippen molar-refractivity contribution in [1.29, 1.82) is 0 Å². The number of hydrogen-bond donors (Lipinski definition) is 1. The molecule has 16 heavy (non-hydrogen) atoms. The van der Waals surface area contributed by atoms with Gasteiger partial charge in [-0.05, 0) is 23.3 Å². The Morgan fingerprint density at radius 3 is 3.12 bits per heavy atom. The first-order valence-electron chi connectivity index (χ1n) is 5.18. The number of methoxy groups -OCH3 is 1. The summed E-state index contributed by atoms with van der Waals surface area (Å²) in [5, 5.41) is 14.7. The van der Waals surface area contributed by atoms with Crippen molar-refractivity contribution in [2.45, 2.75) is 25.0 Å². The molecule has 1 fully saturated rings. The van der Waals surface area contributed by atoms with E-state index in [-0.39, 0.29) is 0 Å². The molecule has 0 saturated heterocycles. The van der Waals surface area contributed by atoms with Crippen LogP contribution in [-0.4, -0.2) is 44.3 Å². The van der Waals surface area contributed by atoms with Gasteiger partial charge >= 0.3 is 0 Å². The van der Waals surface area contributed by atoms with Gasteiger partial charge in [0.05, 0.1) is 18.5 Å². The van der Waals surface area contributed by atoms with Crippen molar-refractivity contribution in [2.75, 3.05) is 12.4 Å². The van der Waals surface area contributed by atoms with Crippen LogP contribution in [0.4, 0.5) is 5.82 Å². The Labute approximate surface area is 91.8 Å². The Morgan fingerprint density at radius 2 is 2.31 bits per heavy atom. The molecule has 2 heterocycles. The van der Waals surface area contributed by atoms with Crippen molar-refractivity contribution in [3.8, 4) is 0 Å². The number of rotatable bonds is 3. The van der Waals surface area contributed by atoms with Crippen LogP contribution < -0.4 is 5.32 Å². The fourth-order valence-electron chi connectivity index (χ4n) is 1.86. The minimum Gasteiger partial charge on any atom is -0.381 e. The third-order valence-corrected chi connectivity index (χ3v) is 2.89. The monoisotopic (exact) mass is 220 g/mol. The van der Waals surface area contributed by atoms with E-state index in [0.29, 0.717) is 17.8 Å². The highest BCUT2D eigenvalue weighted by molar-refractivity contribution is 5.44. The predicted octanol–water partition coefficient (Wildman–Crippen LogP) is 0.109. The zero-order chi connectivity index (χ0) is 11.0. The van der Waals surface area contributed by atoms with Gasteiger partial charge in [0.15, 0.2) is 11.5 Å². The second-order valence-electron chi connectivity index (χ2n) is 3.91. The van der Waals surface area contributed by atoms with Crippen LogP contribution in [0.3, 0.4) is 0 Å². The van der Waals surface area contributed by atoms with Crippen LogP contribution in [0, 0.1) is 0 Å². The maximum absolute atomic E-state index is 5.22. The van der Waals surface area contributed by atoms with Crippen molar-refractivity contribution in [1.82, 2.24) is 25.0 Å². The summed E-state index contributed by atoms with van der Waals surface area (Å²) in [6.45, 7) is 0. The summed E-state index contributed by atoms with van der Waals surface area (Å²) in [7, 11) is 1.74. The molecule has 1 aliphatic carbocycles. The Morgan fingerprint density at radius 1 is 1.44 bits per heavy atom. The van der Waals surface area contributed by atoms with Crippen LogP contribution in [0.25, 0.3) is 5.65 Å². The first-order chi connectivity index (χ1) is 7.86. The van der Waals surface area contributed by atoms with Gasteiger partial charge in [0.25, 0.3) is 0 Å². The summed E-state index contributed by atoms with van der Waals surface area (Å²) in [5.74, 6) is 0.821. The summed E-state index contributed by atoms with van der Waals surface area (Å²) < 4.78 is 6.87. The van der Waals surface area contributed by atoms with E-state index in [1.807, 2.05) is 0 Å². The summed E-state index contributed by atoms with van der Waals surface area (Å²) in [6, 6.07) is 0.418. The number of hydrogen-bond acceptors (Lipinski definition) is 6. The average Bonchev–Trinajstić information content (AvgIpc) is 2.71. The minimum absolute atomic E-state index is 0.374. The lowest BCUT2D eigenvalue weighted by Gasteiger charge is -2.34. The fraction of sp³-hybridized carbons (Fsp3) is 0.556. The zero-order valence-electron chi connectivity index (χ0n) is 8.87. The van der Waals surface area contributed by atoms with E-state index < -0.39 is 0 Å². The first kappa shape index (κ1) is 9.46. The molecule has 0 unspecified atom stereocenters. The second kappa shape index (κ2) is 3.67. The van der Waals surface area contributed by atoms with Crippen LogP contribution in [0.5, 0.6) is 0 Å². The van der Waals surface area contributed by atoms with Gasteiger partial charge in [0.2, 0.25) is 0 Å². The molecule has 0 spiro atoms. The lowest BCUT2D eigenvalue weighted by Crippen LogP contribution is -2.40. The number of aromatic nitrogens is 5. The van der Waals surface area contributed by atoms with Crippen molar-refractivity contribution in [3.05, 3.63) is 12.4 Å². The number of nitrogens with zero attached hydrogens (tertiary/aromatic N) is 5. The smallest absolute Gasteiger partial charge is 0.199 e. The third kappa shape index (κ3) is 1.49. The molecule has 1 saturated carbocycles. The van der Waals surface area contributed by atoms with Crippen LogP contribution in [0.2, 0.25) is 0 Å². The highest BCUT2D eigenvalue weighted by atomic mass is 16.5. The molecule has 3 rings (SSSR count). The lowest BCUT2D eigenvalue weighted by molar-refractivity contribution is 0.0327. The van der Waals surface area contributed by atoms with Gasteiger partial charge in [-0.15, -0.1) is 5.10 Å². The van der Waals surface area contributed by atoms with Gasteiger partial charge in [-0.25, -0.2) is 0 Å². The fourth-order valence-corrected chi connectivity index (χ4v) is 1.86. The van der Waals surface area contributed by atoms with Crippen LogP contribution in [-0.2, 0) is 4.74 Å². The Kier molecular flexibility index (Phi) is 2.17. The molecule has 1 N–H and O–H groups in total. The zero-order valence-corrected chi connectivity index (χ0v) is 8.87. The van der Waals surface area contributed by atoms with Gasteiger partial charge in [-0.1, -0.05) is 0 Å². The molecular formula is C9H12N6O. The number of ether oxygens (including phenoxy) is 1. The molecule has 84 valence electrons. The van der Waals surface area contributed by atoms with E-state index in [9.17, 15) is 0 Å². The molecule has 0 amide bonds. The molecular weight excluding hydrogens is 208 g/mol. The largest absolute Gasteiger partial charge is 0.381 e. The van der Waals surface area contributed by atoms with Crippen molar-refractivity contribution >= 4 is 11.5 Å². The molecule has 7 heteroatoms. The second-order valence-corrected chi connectivity index (χ2v) is 3.91. The van der Waals surface area contributed by atoms with E-state index in [4.69, 9.17) is 4.74 Å². The maximum atomic E-state index is 5.22. The summed E-state index contributed by atoms with van der Waals surface area (Å²) in [4.78, 5) is 4.08. The molecule has 1 aliphatic rings. The van der Waals surface area contributed by atoms with E-state index in [0.717, 1.165) is 18.7 Å². The van der Waals surface area contributed by atoms with E-state index >= 15 is 0 Å². The molecule has 0 aliphatic heterocycles. The number of tetrazole rings is 1. The SMILES string of the molecule is COC1CC(Nc2cncc3nnnn23)C1. The van der Waals surface area contributed by atoms with Crippen molar-refractivity contribution < 1.29 is 4.74 Å². The Bertz CT molecular complexity index is 491. The molecule has 0 aromatic carbocycles. The van der Waals surface area contributed by atoms with Gasteiger partial charge in [-0.3, -0.25) is 4.98 Å². The molecule has 2 aromatic heterocycles. The Balaban J connectivity index is 1.77. The van der Waals surface area contributed by atoms with E-state index in [1.54, 1.807) is 24.0 Å². The highest BCUT2D eigenvalue weighted by Crippen LogP contribution is 2.25. The Hall–Kier alpha value is -1.76. The van der Waals surface area contributed by atoms with E-state index in [2.05, 4.69) is 25.8 Å². The third-order valence-electron chi connectivity index (χ3n) is 2.89. The van der Waals surface area contributed by atoms with Crippen LogP contribution in [0.15, 0.2) is 12.4 Å². The number of nitrogens with one attached hydrogen (secondary N) is 1. The lowest BCUT2D eigenvalue weighted by atomic mass is 9.89. The molecule has 7 nitrogen and oxygen atoms in total. The minimum atomic E-state index is 0.374. The summed E-state index contributed by atoms with van der Waals surface area (Å²) in [6.07, 6.45) is 5.75. The predicted molar refractivity (Wildman–Crippen MR) is 56.0 cm³/mol. The highest BCUT2D eigenvalue weighted by Gasteiger charge is 2.29. The van der Waals surface area contributed by atoms with Crippen LogP contribution >= 0.6 is 0 Å². The first-order valence-corrected chi connectivity index (χ1v) is 5.18.